The minimum absolute atomic E-state index is 0.281. The zero-order chi connectivity index (χ0) is 19.0. The van der Waals surface area contributed by atoms with Gasteiger partial charge in [0, 0.05) is 28.1 Å². The Bertz CT molecular complexity index is 1010. The van der Waals surface area contributed by atoms with E-state index in [-0.39, 0.29) is 5.92 Å². The molecule has 0 atom stereocenters. The highest BCUT2D eigenvalue weighted by Gasteiger charge is 2.24. The smallest absolute Gasteiger partial charge is 0.162 e. The largest absolute Gasteiger partial charge is 0.493 e. The molecule has 3 aromatic rings. The van der Waals surface area contributed by atoms with Crippen LogP contribution in [0, 0.1) is 0 Å². The first-order valence-corrected chi connectivity index (χ1v) is 9.21. The van der Waals surface area contributed by atoms with Crippen LogP contribution in [0.5, 0.6) is 11.5 Å². The molecule has 1 aromatic heterocycles. The molecule has 2 aromatic carbocycles. The fourth-order valence-corrected chi connectivity index (χ4v) is 3.48. The van der Waals surface area contributed by atoms with Gasteiger partial charge in [0.15, 0.2) is 11.5 Å². The van der Waals surface area contributed by atoms with Crippen LogP contribution in [0.2, 0.25) is 10.0 Å². The molecule has 0 saturated carbocycles. The Balaban J connectivity index is 1.87. The summed E-state index contributed by atoms with van der Waals surface area (Å²) in [6.45, 7) is 1.35. The lowest BCUT2D eigenvalue weighted by atomic mass is 10.0. The van der Waals surface area contributed by atoms with Crippen LogP contribution < -0.4 is 14.8 Å². The van der Waals surface area contributed by atoms with Gasteiger partial charge in [-0.25, -0.2) is 0 Å². The summed E-state index contributed by atoms with van der Waals surface area (Å²) >= 11 is 12.4. The van der Waals surface area contributed by atoms with Gasteiger partial charge in [0.05, 0.1) is 49.4 Å². The highest BCUT2D eigenvalue weighted by atomic mass is 35.5. The Hall–Kier alpha value is -2.21. The number of hydrogen-bond donors (Lipinski definition) is 1. The molecule has 1 saturated heterocycles. The van der Waals surface area contributed by atoms with E-state index in [9.17, 15) is 0 Å². The fraction of sp³-hybridized carbons (Fsp3) is 0.250. The lowest BCUT2D eigenvalue weighted by Crippen LogP contribution is -2.26. The SMILES string of the molecule is COc1cc2nc(C3COC3)cc(Nc3ccc(Cl)cc3Cl)c2cc1OC. The molecule has 1 aliphatic rings. The third-order valence-corrected chi connectivity index (χ3v) is 5.14. The van der Waals surface area contributed by atoms with Gasteiger partial charge in [0.2, 0.25) is 0 Å². The van der Waals surface area contributed by atoms with Crippen LogP contribution in [0.4, 0.5) is 11.4 Å². The van der Waals surface area contributed by atoms with Gasteiger partial charge < -0.3 is 19.5 Å². The van der Waals surface area contributed by atoms with Gasteiger partial charge >= 0.3 is 0 Å². The minimum atomic E-state index is 0.281. The summed E-state index contributed by atoms with van der Waals surface area (Å²) < 4.78 is 16.2. The summed E-state index contributed by atoms with van der Waals surface area (Å²) in [7, 11) is 3.22. The van der Waals surface area contributed by atoms with E-state index in [0.29, 0.717) is 34.8 Å². The number of hydrogen-bond acceptors (Lipinski definition) is 5. The number of nitrogens with zero attached hydrogens (tertiary/aromatic N) is 1. The number of ether oxygens (including phenoxy) is 3. The molecule has 27 heavy (non-hydrogen) atoms. The molecule has 0 radical (unpaired) electrons. The van der Waals surface area contributed by atoms with Crippen molar-refractivity contribution in [1.29, 1.82) is 0 Å². The zero-order valence-corrected chi connectivity index (χ0v) is 16.4. The molecule has 0 bridgehead atoms. The Morgan fingerprint density at radius 1 is 1.00 bits per heavy atom. The number of nitrogens with one attached hydrogen (secondary N) is 1. The normalized spacial score (nSPS) is 14.1. The summed E-state index contributed by atoms with van der Waals surface area (Å²) in [5.74, 6) is 1.55. The summed E-state index contributed by atoms with van der Waals surface area (Å²) in [4.78, 5) is 4.81. The molecule has 1 N–H and O–H groups in total. The van der Waals surface area contributed by atoms with Crippen molar-refractivity contribution in [3.63, 3.8) is 0 Å². The van der Waals surface area contributed by atoms with Crippen molar-refractivity contribution in [2.24, 2.45) is 0 Å². The van der Waals surface area contributed by atoms with E-state index >= 15 is 0 Å². The molecule has 0 aliphatic carbocycles. The highest BCUT2D eigenvalue weighted by molar-refractivity contribution is 6.36. The van der Waals surface area contributed by atoms with Crippen LogP contribution >= 0.6 is 23.2 Å². The lowest BCUT2D eigenvalue weighted by Gasteiger charge is -2.26. The molecule has 7 heteroatoms. The van der Waals surface area contributed by atoms with Crippen molar-refractivity contribution in [2.75, 3.05) is 32.8 Å². The molecule has 0 spiro atoms. The molecule has 5 nitrogen and oxygen atoms in total. The molecular formula is C20H18Cl2N2O3. The molecule has 1 fully saturated rings. The van der Waals surface area contributed by atoms with E-state index in [1.807, 2.05) is 24.3 Å². The second-order valence-corrected chi connectivity index (χ2v) is 7.15. The van der Waals surface area contributed by atoms with Gasteiger partial charge in [-0.1, -0.05) is 23.2 Å². The first-order chi connectivity index (χ1) is 13.1. The molecule has 4 rings (SSSR count). The monoisotopic (exact) mass is 404 g/mol. The van der Waals surface area contributed by atoms with Crippen molar-refractivity contribution < 1.29 is 14.2 Å². The number of pyridine rings is 1. The van der Waals surface area contributed by atoms with Crippen LogP contribution in [-0.2, 0) is 4.74 Å². The maximum absolute atomic E-state index is 6.35. The number of aromatic nitrogens is 1. The maximum atomic E-state index is 6.35. The summed E-state index contributed by atoms with van der Waals surface area (Å²) in [5.41, 5.74) is 3.42. The van der Waals surface area contributed by atoms with Gasteiger partial charge in [-0.2, -0.15) is 0 Å². The van der Waals surface area contributed by atoms with Crippen LogP contribution in [0.3, 0.4) is 0 Å². The summed E-state index contributed by atoms with van der Waals surface area (Å²) in [5, 5.41) is 5.44. The fourth-order valence-electron chi connectivity index (χ4n) is 3.03. The number of methoxy groups -OCH3 is 2. The third-order valence-electron chi connectivity index (χ3n) is 4.59. The van der Waals surface area contributed by atoms with Gasteiger partial charge in [-0.15, -0.1) is 0 Å². The second-order valence-electron chi connectivity index (χ2n) is 6.30. The van der Waals surface area contributed by atoms with Crippen molar-refractivity contribution in [1.82, 2.24) is 4.98 Å². The second kappa shape index (κ2) is 7.43. The molecule has 0 amide bonds. The molecular weight excluding hydrogens is 387 g/mol. The third kappa shape index (κ3) is 3.50. The van der Waals surface area contributed by atoms with Gasteiger partial charge in [-0.05, 0) is 30.3 Å². The van der Waals surface area contributed by atoms with Gasteiger partial charge in [0.25, 0.3) is 0 Å². The first-order valence-electron chi connectivity index (χ1n) is 8.45. The van der Waals surface area contributed by atoms with Gasteiger partial charge in [0.1, 0.15) is 0 Å². The number of anilines is 2. The number of fused-ring (bicyclic) bond motifs is 1. The quantitative estimate of drug-likeness (QED) is 0.615. The van der Waals surface area contributed by atoms with E-state index < -0.39 is 0 Å². The number of benzene rings is 2. The average Bonchev–Trinajstić information content (AvgIpc) is 2.61. The maximum Gasteiger partial charge on any atom is 0.162 e. The van der Waals surface area contributed by atoms with Crippen molar-refractivity contribution >= 4 is 45.5 Å². The summed E-state index contributed by atoms with van der Waals surface area (Å²) in [6, 6.07) is 11.2. The van der Waals surface area contributed by atoms with E-state index in [1.165, 1.54) is 0 Å². The van der Waals surface area contributed by atoms with E-state index in [1.54, 1.807) is 26.4 Å². The lowest BCUT2D eigenvalue weighted by molar-refractivity contribution is 0.00686. The Morgan fingerprint density at radius 2 is 1.74 bits per heavy atom. The Labute approximate surface area is 167 Å². The number of rotatable bonds is 5. The molecule has 2 heterocycles. The molecule has 140 valence electrons. The minimum Gasteiger partial charge on any atom is -0.493 e. The van der Waals surface area contributed by atoms with E-state index in [4.69, 9.17) is 42.4 Å². The zero-order valence-electron chi connectivity index (χ0n) is 14.9. The first kappa shape index (κ1) is 18.2. The number of halogens is 2. The predicted octanol–water partition coefficient (Wildman–Crippen LogP) is 5.42. The molecule has 1 aliphatic heterocycles. The topological polar surface area (TPSA) is 52.6 Å². The van der Waals surface area contributed by atoms with Gasteiger partial charge in [-0.3, -0.25) is 4.98 Å². The summed E-state index contributed by atoms with van der Waals surface area (Å²) in [6.07, 6.45) is 0. The predicted molar refractivity (Wildman–Crippen MR) is 108 cm³/mol. The van der Waals surface area contributed by atoms with E-state index in [0.717, 1.165) is 28.0 Å². The standard InChI is InChI=1S/C20H18Cl2N2O3/c1-25-19-6-13-17(23-15-4-3-12(21)5-14(15)22)7-16(11-9-27-10-11)24-18(13)8-20(19)26-2/h3-8,11H,9-10H2,1-2H3,(H,23,24). The average molecular weight is 405 g/mol. The molecule has 0 unspecified atom stereocenters. The van der Waals surface area contributed by atoms with Crippen LogP contribution in [0.25, 0.3) is 10.9 Å². The van der Waals surface area contributed by atoms with Crippen LogP contribution in [0.15, 0.2) is 36.4 Å². The van der Waals surface area contributed by atoms with Crippen molar-refractivity contribution in [2.45, 2.75) is 5.92 Å². The van der Waals surface area contributed by atoms with Crippen molar-refractivity contribution in [3.8, 4) is 11.5 Å². The van der Waals surface area contributed by atoms with Crippen molar-refractivity contribution in [3.05, 3.63) is 52.1 Å². The van der Waals surface area contributed by atoms with Crippen LogP contribution in [-0.4, -0.2) is 32.4 Å². The Morgan fingerprint density at radius 3 is 2.37 bits per heavy atom. The Kier molecular flexibility index (Phi) is 5.00. The van der Waals surface area contributed by atoms with E-state index in [2.05, 4.69) is 5.32 Å². The van der Waals surface area contributed by atoms with Crippen LogP contribution in [0.1, 0.15) is 11.6 Å². The highest BCUT2D eigenvalue weighted by Crippen LogP contribution is 2.39.